The number of ether oxygens (including phenoxy) is 2. The van der Waals surface area contributed by atoms with Crippen molar-refractivity contribution < 1.29 is 19.1 Å². The Balaban J connectivity index is 1.85. The smallest absolute Gasteiger partial charge is 0.258 e. The number of ketones is 1. The number of Topliss-reactive ketones (excluding diaryl/α,β-unsaturated/α-hetero) is 1. The molecule has 0 bridgehead atoms. The number of carbonyl (C=O) groups excluding carboxylic acids is 2. The van der Waals surface area contributed by atoms with Gasteiger partial charge in [0.1, 0.15) is 11.5 Å². The van der Waals surface area contributed by atoms with E-state index in [-0.39, 0.29) is 24.3 Å². The van der Waals surface area contributed by atoms with Gasteiger partial charge in [0.15, 0.2) is 12.4 Å². The van der Waals surface area contributed by atoms with Gasteiger partial charge in [0.25, 0.3) is 5.91 Å². The molecule has 5 heteroatoms. The molecule has 0 heterocycles. The summed E-state index contributed by atoms with van der Waals surface area (Å²) in [5.41, 5.74) is 1.67. The number of methoxy groups -OCH3 is 1. The van der Waals surface area contributed by atoms with E-state index in [0.29, 0.717) is 17.1 Å². The number of rotatable bonds is 9. The number of hydrogen-bond donors (Lipinski definition) is 1. The normalized spacial score (nSPS) is 11.5. The zero-order valence-electron chi connectivity index (χ0n) is 15.5. The van der Waals surface area contributed by atoms with Crippen molar-refractivity contribution in [1.82, 2.24) is 5.32 Å². The first-order valence-corrected chi connectivity index (χ1v) is 8.64. The van der Waals surface area contributed by atoms with Crippen molar-refractivity contribution in [3.05, 3.63) is 59.7 Å². The second kappa shape index (κ2) is 9.61. The standard InChI is InChI=1S/C21H25NO4/c1-15(9-10-17-7-5-4-6-8-17)22-21(24)14-26-20-13-18(25-3)11-12-19(20)16(2)23/h4-8,11-13,15H,9-10,14H2,1-3H3,(H,22,24). The van der Waals surface area contributed by atoms with Crippen molar-refractivity contribution in [2.24, 2.45) is 0 Å². The van der Waals surface area contributed by atoms with E-state index in [1.165, 1.54) is 19.6 Å². The average Bonchev–Trinajstić information content (AvgIpc) is 2.65. The van der Waals surface area contributed by atoms with Gasteiger partial charge in [0.05, 0.1) is 12.7 Å². The van der Waals surface area contributed by atoms with Crippen LogP contribution in [0.3, 0.4) is 0 Å². The molecule has 0 aliphatic rings. The molecule has 26 heavy (non-hydrogen) atoms. The molecular weight excluding hydrogens is 330 g/mol. The Labute approximate surface area is 154 Å². The van der Waals surface area contributed by atoms with Crippen LogP contribution in [-0.2, 0) is 11.2 Å². The van der Waals surface area contributed by atoms with E-state index in [4.69, 9.17) is 9.47 Å². The summed E-state index contributed by atoms with van der Waals surface area (Å²) < 4.78 is 10.7. The summed E-state index contributed by atoms with van der Waals surface area (Å²) in [6.07, 6.45) is 1.74. The Morgan fingerprint density at radius 3 is 2.50 bits per heavy atom. The second-order valence-corrected chi connectivity index (χ2v) is 6.20. The maximum atomic E-state index is 12.1. The fourth-order valence-corrected chi connectivity index (χ4v) is 2.60. The van der Waals surface area contributed by atoms with Crippen molar-refractivity contribution in [2.75, 3.05) is 13.7 Å². The van der Waals surface area contributed by atoms with Crippen LogP contribution in [-0.4, -0.2) is 31.4 Å². The molecule has 0 radical (unpaired) electrons. The molecule has 2 rings (SSSR count). The third-order valence-corrected chi connectivity index (χ3v) is 4.04. The van der Waals surface area contributed by atoms with Gasteiger partial charge in [0, 0.05) is 12.1 Å². The van der Waals surface area contributed by atoms with Crippen molar-refractivity contribution in [2.45, 2.75) is 32.7 Å². The molecule has 2 aromatic carbocycles. The highest BCUT2D eigenvalue weighted by Gasteiger charge is 2.13. The van der Waals surface area contributed by atoms with Gasteiger partial charge in [0.2, 0.25) is 0 Å². The monoisotopic (exact) mass is 355 g/mol. The number of carbonyl (C=O) groups is 2. The maximum Gasteiger partial charge on any atom is 0.258 e. The molecule has 1 amide bonds. The molecule has 2 aromatic rings. The number of benzene rings is 2. The van der Waals surface area contributed by atoms with Crippen molar-refractivity contribution in [1.29, 1.82) is 0 Å². The molecule has 0 aromatic heterocycles. The minimum Gasteiger partial charge on any atom is -0.497 e. The van der Waals surface area contributed by atoms with Gasteiger partial charge >= 0.3 is 0 Å². The Bertz CT molecular complexity index is 743. The molecule has 0 spiro atoms. The molecule has 0 saturated heterocycles. The molecule has 0 saturated carbocycles. The molecule has 1 N–H and O–H groups in total. The first-order chi connectivity index (χ1) is 12.5. The number of nitrogens with one attached hydrogen (secondary N) is 1. The first kappa shape index (κ1) is 19.5. The molecule has 0 aliphatic heterocycles. The van der Waals surface area contributed by atoms with E-state index in [2.05, 4.69) is 17.4 Å². The number of aryl methyl sites for hydroxylation is 1. The van der Waals surface area contributed by atoms with Crippen molar-refractivity contribution in [3.63, 3.8) is 0 Å². The lowest BCUT2D eigenvalue weighted by Crippen LogP contribution is -2.36. The maximum absolute atomic E-state index is 12.1. The van der Waals surface area contributed by atoms with E-state index < -0.39 is 0 Å². The van der Waals surface area contributed by atoms with Crippen molar-refractivity contribution in [3.8, 4) is 11.5 Å². The number of hydrogen-bond acceptors (Lipinski definition) is 4. The van der Waals surface area contributed by atoms with Gasteiger partial charge in [-0.2, -0.15) is 0 Å². The molecule has 5 nitrogen and oxygen atoms in total. The molecule has 1 unspecified atom stereocenters. The molecular formula is C21H25NO4. The van der Waals surface area contributed by atoms with Crippen LogP contribution in [0, 0.1) is 0 Å². The van der Waals surface area contributed by atoms with Gasteiger partial charge in [-0.15, -0.1) is 0 Å². The number of amides is 1. The lowest BCUT2D eigenvalue weighted by Gasteiger charge is -2.15. The first-order valence-electron chi connectivity index (χ1n) is 8.64. The largest absolute Gasteiger partial charge is 0.497 e. The summed E-state index contributed by atoms with van der Waals surface area (Å²) in [5.74, 6) is 0.577. The summed E-state index contributed by atoms with van der Waals surface area (Å²) in [6.45, 7) is 3.27. The summed E-state index contributed by atoms with van der Waals surface area (Å²) in [6, 6.07) is 15.1. The van der Waals surface area contributed by atoms with Crippen LogP contribution in [0.15, 0.2) is 48.5 Å². The lowest BCUT2D eigenvalue weighted by molar-refractivity contribution is -0.123. The van der Waals surface area contributed by atoms with Gasteiger partial charge in [-0.25, -0.2) is 0 Å². The van der Waals surface area contributed by atoms with Crippen molar-refractivity contribution >= 4 is 11.7 Å². The third-order valence-electron chi connectivity index (χ3n) is 4.04. The average molecular weight is 355 g/mol. The SMILES string of the molecule is COc1ccc(C(C)=O)c(OCC(=O)NC(C)CCc2ccccc2)c1. The van der Waals surface area contributed by atoms with Crippen LogP contribution in [0.1, 0.15) is 36.2 Å². The fraction of sp³-hybridized carbons (Fsp3) is 0.333. The summed E-state index contributed by atoms with van der Waals surface area (Å²) in [4.78, 5) is 23.8. The van der Waals surface area contributed by atoms with E-state index in [1.54, 1.807) is 18.2 Å². The highest BCUT2D eigenvalue weighted by molar-refractivity contribution is 5.97. The Hall–Kier alpha value is -2.82. The Morgan fingerprint density at radius 1 is 1.12 bits per heavy atom. The van der Waals surface area contributed by atoms with E-state index >= 15 is 0 Å². The van der Waals surface area contributed by atoms with Crippen LogP contribution in [0.5, 0.6) is 11.5 Å². The fourth-order valence-electron chi connectivity index (χ4n) is 2.60. The highest BCUT2D eigenvalue weighted by Crippen LogP contribution is 2.25. The van der Waals surface area contributed by atoms with Crippen LogP contribution >= 0.6 is 0 Å². The summed E-state index contributed by atoms with van der Waals surface area (Å²) in [5, 5.41) is 2.92. The van der Waals surface area contributed by atoms with E-state index in [0.717, 1.165) is 12.8 Å². The van der Waals surface area contributed by atoms with E-state index in [1.807, 2.05) is 25.1 Å². The second-order valence-electron chi connectivity index (χ2n) is 6.20. The van der Waals surface area contributed by atoms with Gasteiger partial charge in [-0.05, 0) is 44.4 Å². The minimum atomic E-state index is -0.220. The molecule has 0 fully saturated rings. The van der Waals surface area contributed by atoms with Crippen LogP contribution in [0.4, 0.5) is 0 Å². The Morgan fingerprint density at radius 2 is 1.85 bits per heavy atom. The van der Waals surface area contributed by atoms with Crippen LogP contribution < -0.4 is 14.8 Å². The quantitative estimate of drug-likeness (QED) is 0.700. The highest BCUT2D eigenvalue weighted by atomic mass is 16.5. The van der Waals surface area contributed by atoms with Gasteiger partial charge in [-0.3, -0.25) is 9.59 Å². The van der Waals surface area contributed by atoms with Gasteiger partial charge < -0.3 is 14.8 Å². The van der Waals surface area contributed by atoms with Gasteiger partial charge in [-0.1, -0.05) is 30.3 Å². The topological polar surface area (TPSA) is 64.6 Å². The minimum absolute atomic E-state index is 0.0314. The zero-order valence-corrected chi connectivity index (χ0v) is 15.5. The lowest BCUT2D eigenvalue weighted by atomic mass is 10.1. The molecule has 1 atom stereocenters. The predicted octanol–water partition coefficient (Wildman–Crippen LogP) is 3.41. The molecule has 0 aliphatic carbocycles. The predicted molar refractivity (Wildman–Crippen MR) is 101 cm³/mol. The zero-order chi connectivity index (χ0) is 18.9. The van der Waals surface area contributed by atoms with E-state index in [9.17, 15) is 9.59 Å². The Kier molecular flexibility index (Phi) is 7.21. The third kappa shape index (κ3) is 5.92. The van der Waals surface area contributed by atoms with Crippen LogP contribution in [0.2, 0.25) is 0 Å². The molecule has 138 valence electrons. The summed E-state index contributed by atoms with van der Waals surface area (Å²) in [7, 11) is 1.54. The van der Waals surface area contributed by atoms with Crippen LogP contribution in [0.25, 0.3) is 0 Å². The summed E-state index contributed by atoms with van der Waals surface area (Å²) >= 11 is 0.